The van der Waals surface area contributed by atoms with Crippen molar-refractivity contribution in [3.8, 4) is 0 Å². The van der Waals surface area contributed by atoms with Gasteiger partial charge in [0.15, 0.2) is 17.3 Å². The Morgan fingerprint density at radius 1 is 0.397 bits per heavy atom. The molecular weight excluding hydrogens is 773 g/mol. The van der Waals surface area contributed by atoms with Gasteiger partial charge in [-0.25, -0.2) is 0 Å². The average Bonchev–Trinajstić information content (AvgIpc) is 3.81. The molecule has 302 valence electrons. The lowest BCUT2D eigenvalue weighted by molar-refractivity contribution is 0.101. The van der Waals surface area contributed by atoms with Crippen molar-refractivity contribution in [3.05, 3.63) is 144 Å². The smallest absolute Gasteiger partial charge is 0.211 e. The Balaban J connectivity index is 0.000000144. The fraction of sp³-hybridized carbons (Fsp3) is 0.353. The third-order valence-electron chi connectivity index (χ3n) is 10.7. The first-order valence-corrected chi connectivity index (χ1v) is 26.2. The molecule has 0 saturated carbocycles. The predicted octanol–water partition coefficient (Wildman–Crippen LogP) is 11.0. The minimum atomic E-state index is 0.217. The van der Waals surface area contributed by atoms with Gasteiger partial charge in [-0.05, 0) is 104 Å². The van der Waals surface area contributed by atoms with E-state index in [1.165, 1.54) is 76.7 Å². The summed E-state index contributed by atoms with van der Waals surface area (Å²) in [6.07, 6.45) is 6.61. The van der Waals surface area contributed by atoms with Crippen LogP contribution in [0.2, 0.25) is 0 Å². The van der Waals surface area contributed by atoms with Gasteiger partial charge in [0.05, 0.1) is 13.2 Å². The molecule has 4 nitrogen and oxygen atoms in total. The summed E-state index contributed by atoms with van der Waals surface area (Å²) in [7, 11) is 0.917. The fourth-order valence-electron chi connectivity index (χ4n) is 7.49. The Morgan fingerprint density at radius 3 is 1.03 bits per heavy atom. The second kappa shape index (κ2) is 23.1. The van der Waals surface area contributed by atoms with Gasteiger partial charge in [0.1, 0.15) is 34.5 Å². The first kappa shape index (κ1) is 43.7. The molecule has 0 aliphatic carbocycles. The van der Waals surface area contributed by atoms with Crippen molar-refractivity contribution in [2.75, 3.05) is 65.0 Å². The van der Waals surface area contributed by atoms with Crippen LogP contribution in [0, 0.1) is 0 Å². The van der Waals surface area contributed by atoms with Gasteiger partial charge in [-0.1, -0.05) is 123 Å². The van der Waals surface area contributed by atoms with E-state index < -0.39 is 0 Å². The quantitative estimate of drug-likeness (QED) is 0.108. The predicted molar refractivity (Wildman–Crippen MR) is 256 cm³/mol. The molecule has 0 bridgehead atoms. The van der Waals surface area contributed by atoms with Crippen LogP contribution in [0.25, 0.3) is 32.3 Å². The Bertz CT molecular complexity index is 2140. The number of fused-ring (bicyclic) bond motifs is 3. The number of benzene rings is 6. The number of ketones is 3. The van der Waals surface area contributed by atoms with Gasteiger partial charge >= 0.3 is 0 Å². The molecule has 6 aromatic rings. The molecule has 0 aromatic heterocycles. The topological polar surface area (TPSA) is 60.4 Å². The minimum absolute atomic E-state index is 0.217. The van der Waals surface area contributed by atoms with E-state index in [9.17, 15) is 14.4 Å². The molecule has 3 heterocycles. The number of ether oxygens (including phenoxy) is 1. The van der Waals surface area contributed by atoms with E-state index in [0.29, 0.717) is 39.1 Å². The molecule has 58 heavy (non-hydrogen) atoms. The number of hydrogen-bond acceptors (Lipinski definition) is 4. The highest BCUT2D eigenvalue weighted by molar-refractivity contribution is 7.98. The van der Waals surface area contributed by atoms with Crippen molar-refractivity contribution >= 4 is 82.4 Å². The van der Waals surface area contributed by atoms with Crippen molar-refractivity contribution < 1.29 is 19.1 Å². The first-order chi connectivity index (χ1) is 28.5. The van der Waals surface area contributed by atoms with Crippen LogP contribution in [-0.2, 0) is 37.4 Å². The van der Waals surface area contributed by atoms with Crippen LogP contribution in [0.4, 0.5) is 0 Å². The highest BCUT2D eigenvalue weighted by Crippen LogP contribution is 2.21. The number of carbonyl (C=O) groups is 3. The van der Waals surface area contributed by atoms with Crippen molar-refractivity contribution in [1.82, 2.24) is 0 Å². The lowest BCUT2D eigenvalue weighted by Crippen LogP contribution is -2.31. The third-order valence-corrected chi connectivity index (χ3v) is 17.7. The molecule has 0 unspecified atom stereocenters. The van der Waals surface area contributed by atoms with Crippen molar-refractivity contribution in [3.63, 3.8) is 0 Å². The molecular formula is C51H59O4S3+3. The number of carbonyl (C=O) groups excluding carboxylic acids is 3. The van der Waals surface area contributed by atoms with E-state index in [1.54, 1.807) is 0 Å². The summed E-state index contributed by atoms with van der Waals surface area (Å²) in [5.74, 6) is 10.3. The maximum atomic E-state index is 12.4. The number of hydrogen-bond donors (Lipinski definition) is 0. The van der Waals surface area contributed by atoms with Gasteiger partial charge < -0.3 is 4.74 Å². The van der Waals surface area contributed by atoms with Crippen LogP contribution >= 0.6 is 0 Å². The van der Waals surface area contributed by atoms with E-state index in [4.69, 9.17) is 4.74 Å². The van der Waals surface area contributed by atoms with Gasteiger partial charge in [-0.2, -0.15) is 0 Å². The summed E-state index contributed by atoms with van der Waals surface area (Å²) in [6.45, 7) is 5.63. The summed E-state index contributed by atoms with van der Waals surface area (Å²) < 4.78 is 5.34. The molecule has 0 atom stereocenters. The molecule has 0 radical (unpaired) electrons. The lowest BCUT2D eigenvalue weighted by Gasteiger charge is -2.13. The Labute approximate surface area is 354 Å². The van der Waals surface area contributed by atoms with E-state index in [2.05, 4.69) is 48.5 Å². The van der Waals surface area contributed by atoms with E-state index >= 15 is 0 Å². The van der Waals surface area contributed by atoms with Crippen molar-refractivity contribution in [2.24, 2.45) is 0 Å². The van der Waals surface area contributed by atoms with Crippen LogP contribution in [0.15, 0.2) is 127 Å². The maximum absolute atomic E-state index is 12.4. The van der Waals surface area contributed by atoms with Crippen molar-refractivity contribution in [1.29, 1.82) is 0 Å². The van der Waals surface area contributed by atoms with Crippen LogP contribution < -0.4 is 0 Å². The monoisotopic (exact) mass is 831 g/mol. The zero-order chi connectivity index (χ0) is 40.5. The van der Waals surface area contributed by atoms with Gasteiger partial charge in [0.25, 0.3) is 0 Å². The van der Waals surface area contributed by atoms with Gasteiger partial charge in [0.2, 0.25) is 17.3 Å². The van der Waals surface area contributed by atoms with Crippen LogP contribution in [0.3, 0.4) is 0 Å². The highest BCUT2D eigenvalue weighted by atomic mass is 32.2. The van der Waals surface area contributed by atoms with E-state index in [0.717, 1.165) is 63.7 Å². The zero-order valence-electron chi connectivity index (χ0n) is 34.3. The molecule has 7 heteroatoms. The molecule has 3 aliphatic rings. The lowest BCUT2D eigenvalue weighted by atomic mass is 10.1. The molecule has 3 saturated heterocycles. The highest BCUT2D eigenvalue weighted by Gasteiger charge is 2.28. The number of rotatable bonds is 9. The molecule has 6 aromatic carbocycles. The fourth-order valence-corrected chi connectivity index (χ4v) is 13.7. The third kappa shape index (κ3) is 12.8. The second-order valence-electron chi connectivity index (χ2n) is 14.8. The first-order valence-electron chi connectivity index (χ1n) is 21.0. The molecule has 0 amide bonds. The Hall–Kier alpha value is -3.88. The summed E-state index contributed by atoms with van der Waals surface area (Å²) in [5, 5.41) is 7.08. The number of Topliss-reactive ketones (excluding diaryl/α,β-unsaturated/α-hetero) is 3. The normalized spacial score (nSPS) is 16.0. The second-order valence-corrected chi connectivity index (χ2v) is 21.8. The van der Waals surface area contributed by atoms with Crippen LogP contribution in [-0.4, -0.2) is 82.3 Å². The Kier molecular flexibility index (Phi) is 17.4. The molecule has 0 N–H and O–H groups in total. The summed E-state index contributed by atoms with van der Waals surface area (Å²) >= 11 is 0. The van der Waals surface area contributed by atoms with Crippen molar-refractivity contribution in [2.45, 2.75) is 46.0 Å². The largest absolute Gasteiger partial charge is 0.372 e. The zero-order valence-corrected chi connectivity index (χ0v) is 36.7. The van der Waals surface area contributed by atoms with Crippen LogP contribution in [0.5, 0.6) is 0 Å². The maximum Gasteiger partial charge on any atom is 0.211 e. The summed E-state index contributed by atoms with van der Waals surface area (Å²) in [6, 6.07) is 42.8. The van der Waals surface area contributed by atoms with Gasteiger partial charge in [-0.3, -0.25) is 14.4 Å². The molecule has 9 rings (SSSR count). The summed E-state index contributed by atoms with van der Waals surface area (Å²) in [5.41, 5.74) is 2.61. The molecule has 3 fully saturated rings. The summed E-state index contributed by atoms with van der Waals surface area (Å²) in [4.78, 5) is 36.9. The average molecular weight is 832 g/mol. The molecule has 3 aliphatic heterocycles. The standard InChI is InChI=1S/C17H19OS.C16H17O2S.C16H17OS.C2H6/c18-17(13-19-10-4-1-5-11-19)16-9-8-14-6-2-3-7-15(14)12-16;17-16(12-19-9-7-18-8-10-19)15-6-5-13-3-1-2-4-14(13)11-15;17-16(12-18-9-3-4-10-18)15-8-7-13-5-1-2-6-14(13)11-15;1-2/h2-3,6-9,12H,1,4-5,10-11,13H2;1-6,11H,7-10,12H2;1-2,5-8,11H,3-4,9-10,12H2;1-2H3/q3*+1;. The minimum Gasteiger partial charge on any atom is -0.372 e. The Morgan fingerprint density at radius 2 is 0.690 bits per heavy atom. The SMILES string of the molecule is CC.O=C(C[S+]1CCCC1)c1ccc2ccccc2c1.O=C(C[S+]1CCCCC1)c1ccc2ccccc2c1.O=C(C[S+]1CCOCC1)c1ccc2ccccc2c1. The van der Waals surface area contributed by atoms with E-state index in [-0.39, 0.29) is 16.7 Å². The van der Waals surface area contributed by atoms with E-state index in [1.807, 2.05) is 92.7 Å². The molecule has 0 spiro atoms. The van der Waals surface area contributed by atoms with Crippen LogP contribution in [0.1, 0.15) is 77.0 Å². The van der Waals surface area contributed by atoms with Gasteiger partial charge in [0, 0.05) is 27.6 Å². The van der Waals surface area contributed by atoms with Gasteiger partial charge in [-0.15, -0.1) is 0 Å².